The van der Waals surface area contributed by atoms with Crippen molar-refractivity contribution in [1.82, 2.24) is 14.8 Å². The molecule has 0 aliphatic rings. The number of nitrogen functional groups attached to an aromatic ring is 1. The lowest BCUT2D eigenvalue weighted by Crippen LogP contribution is -2.06. The van der Waals surface area contributed by atoms with Crippen molar-refractivity contribution in [3.63, 3.8) is 0 Å². The molecule has 0 saturated carbocycles. The normalized spacial score (nSPS) is 10.4. The number of hydrogen-bond donors (Lipinski definition) is 1. The zero-order valence-corrected chi connectivity index (χ0v) is 10.6. The number of ether oxygens (including phenoxy) is 1. The van der Waals surface area contributed by atoms with Gasteiger partial charge in [0.2, 0.25) is 0 Å². The van der Waals surface area contributed by atoms with Crippen LogP contribution in [0.2, 0.25) is 5.15 Å². The quantitative estimate of drug-likeness (QED) is 0.833. The van der Waals surface area contributed by atoms with Crippen LogP contribution in [-0.2, 0) is 11.8 Å². The molecule has 0 aliphatic carbocycles. The van der Waals surface area contributed by atoms with Crippen molar-refractivity contribution in [2.75, 3.05) is 12.8 Å². The zero-order chi connectivity index (χ0) is 13.3. The summed E-state index contributed by atoms with van der Waals surface area (Å²) in [5.41, 5.74) is 7.32. The Morgan fingerprint density at radius 2 is 2.28 bits per heavy atom. The van der Waals surface area contributed by atoms with E-state index in [1.165, 1.54) is 19.4 Å². The summed E-state index contributed by atoms with van der Waals surface area (Å²) >= 11 is 5.97. The van der Waals surface area contributed by atoms with Gasteiger partial charge in [-0.25, -0.2) is 4.79 Å². The van der Waals surface area contributed by atoms with Crippen molar-refractivity contribution >= 4 is 23.3 Å². The summed E-state index contributed by atoms with van der Waals surface area (Å²) in [6.45, 7) is 0. The summed E-state index contributed by atoms with van der Waals surface area (Å²) in [5, 5.41) is 4.31. The molecule has 2 aromatic rings. The van der Waals surface area contributed by atoms with Gasteiger partial charge >= 0.3 is 5.97 Å². The maximum atomic E-state index is 11.5. The second kappa shape index (κ2) is 4.66. The number of carbonyl (C=O) groups excluding carboxylic acids is 1. The lowest BCUT2D eigenvalue weighted by molar-refractivity contribution is 0.0602. The average Bonchev–Trinajstić information content (AvgIpc) is 2.68. The topological polar surface area (TPSA) is 83.0 Å². The molecule has 0 aliphatic heterocycles. The molecular weight excluding hydrogens is 256 g/mol. The van der Waals surface area contributed by atoms with Crippen molar-refractivity contribution in [2.45, 2.75) is 0 Å². The van der Waals surface area contributed by atoms with Gasteiger partial charge in [-0.3, -0.25) is 9.67 Å². The Kier molecular flexibility index (Phi) is 3.20. The van der Waals surface area contributed by atoms with Gasteiger partial charge in [0.25, 0.3) is 0 Å². The van der Waals surface area contributed by atoms with Crippen LogP contribution in [0.25, 0.3) is 11.3 Å². The molecule has 0 unspecified atom stereocenters. The molecule has 0 aromatic carbocycles. The van der Waals surface area contributed by atoms with E-state index in [2.05, 4.69) is 14.8 Å². The third-order valence-electron chi connectivity index (χ3n) is 2.40. The first-order chi connectivity index (χ1) is 8.52. The molecule has 0 radical (unpaired) electrons. The van der Waals surface area contributed by atoms with Gasteiger partial charge in [-0.05, 0) is 6.07 Å². The van der Waals surface area contributed by atoms with Crippen LogP contribution < -0.4 is 5.73 Å². The second-order valence-corrected chi connectivity index (χ2v) is 4.01. The third-order valence-corrected chi connectivity index (χ3v) is 2.68. The Hall–Kier alpha value is -2.08. The first-order valence-corrected chi connectivity index (χ1v) is 5.44. The maximum Gasteiger partial charge on any atom is 0.340 e. The molecular formula is C11H11ClN4O2. The largest absolute Gasteiger partial charge is 0.465 e. The number of nitrogens with zero attached hydrogens (tertiary/aromatic N) is 3. The fraction of sp³-hybridized carbons (Fsp3) is 0.182. The van der Waals surface area contributed by atoms with Gasteiger partial charge in [-0.2, -0.15) is 5.10 Å². The maximum absolute atomic E-state index is 11.5. The fourth-order valence-corrected chi connectivity index (χ4v) is 1.80. The van der Waals surface area contributed by atoms with E-state index < -0.39 is 5.97 Å². The molecule has 94 valence electrons. The lowest BCUT2D eigenvalue weighted by Gasteiger charge is -2.05. The van der Waals surface area contributed by atoms with Crippen molar-refractivity contribution < 1.29 is 9.53 Å². The SMILES string of the molecule is COC(=O)c1cc(-c2cn(C)nc2Cl)ncc1N. The minimum atomic E-state index is -0.517. The van der Waals surface area contributed by atoms with Crippen LogP contribution in [0, 0.1) is 0 Å². The molecule has 0 amide bonds. The Morgan fingerprint density at radius 3 is 2.83 bits per heavy atom. The number of anilines is 1. The molecule has 0 saturated heterocycles. The van der Waals surface area contributed by atoms with E-state index in [1.807, 2.05) is 0 Å². The number of methoxy groups -OCH3 is 1. The highest BCUT2D eigenvalue weighted by Gasteiger charge is 2.15. The van der Waals surface area contributed by atoms with Gasteiger partial charge < -0.3 is 10.5 Å². The summed E-state index contributed by atoms with van der Waals surface area (Å²) in [6.07, 6.45) is 3.10. The predicted molar refractivity (Wildman–Crippen MR) is 67.2 cm³/mol. The molecule has 2 rings (SSSR count). The van der Waals surface area contributed by atoms with Crippen molar-refractivity contribution in [3.05, 3.63) is 29.2 Å². The number of halogens is 1. The number of esters is 1. The molecule has 2 aromatic heterocycles. The number of nitrogens with two attached hydrogens (primary N) is 1. The monoisotopic (exact) mass is 266 g/mol. The van der Waals surface area contributed by atoms with Gasteiger partial charge in [-0.1, -0.05) is 11.6 Å². The van der Waals surface area contributed by atoms with E-state index in [4.69, 9.17) is 17.3 Å². The van der Waals surface area contributed by atoms with E-state index in [9.17, 15) is 4.79 Å². The van der Waals surface area contributed by atoms with Gasteiger partial charge in [0.15, 0.2) is 5.15 Å². The van der Waals surface area contributed by atoms with Gasteiger partial charge in [0.05, 0.1) is 35.8 Å². The smallest absolute Gasteiger partial charge is 0.340 e. The van der Waals surface area contributed by atoms with Crippen molar-refractivity contribution in [3.8, 4) is 11.3 Å². The van der Waals surface area contributed by atoms with Crippen LogP contribution in [0.1, 0.15) is 10.4 Å². The van der Waals surface area contributed by atoms with Crippen LogP contribution in [0.15, 0.2) is 18.5 Å². The summed E-state index contributed by atoms with van der Waals surface area (Å²) in [4.78, 5) is 15.7. The Balaban J connectivity index is 2.53. The van der Waals surface area contributed by atoms with Crippen molar-refractivity contribution in [1.29, 1.82) is 0 Å². The Bertz CT molecular complexity index is 609. The number of hydrogen-bond acceptors (Lipinski definition) is 5. The molecule has 0 atom stereocenters. The highest BCUT2D eigenvalue weighted by atomic mass is 35.5. The van der Waals surface area contributed by atoms with E-state index in [0.717, 1.165) is 0 Å². The molecule has 2 N–H and O–H groups in total. The third kappa shape index (κ3) is 2.14. The fourth-order valence-electron chi connectivity index (χ4n) is 1.53. The minimum Gasteiger partial charge on any atom is -0.465 e. The first kappa shape index (κ1) is 12.4. The first-order valence-electron chi connectivity index (χ1n) is 5.06. The van der Waals surface area contributed by atoms with Gasteiger partial charge in [0, 0.05) is 13.2 Å². The number of carbonyl (C=O) groups is 1. The predicted octanol–water partition coefficient (Wildman–Crippen LogP) is 1.50. The highest BCUT2D eigenvalue weighted by molar-refractivity contribution is 6.32. The average molecular weight is 267 g/mol. The number of rotatable bonds is 2. The number of pyridine rings is 1. The van der Waals surface area contributed by atoms with E-state index >= 15 is 0 Å². The van der Waals surface area contributed by atoms with Crippen LogP contribution in [0.5, 0.6) is 0 Å². The Labute approximate surface area is 108 Å². The summed E-state index contributed by atoms with van der Waals surface area (Å²) < 4.78 is 6.21. The van der Waals surface area contributed by atoms with Crippen LogP contribution in [0.3, 0.4) is 0 Å². The van der Waals surface area contributed by atoms with Gasteiger partial charge in [-0.15, -0.1) is 0 Å². The summed E-state index contributed by atoms with van der Waals surface area (Å²) in [5.74, 6) is -0.517. The van der Waals surface area contributed by atoms with Crippen LogP contribution >= 0.6 is 11.6 Å². The number of aromatic nitrogens is 3. The lowest BCUT2D eigenvalue weighted by atomic mass is 10.1. The molecule has 0 spiro atoms. The molecule has 2 heterocycles. The zero-order valence-electron chi connectivity index (χ0n) is 9.85. The van der Waals surface area contributed by atoms with E-state index in [1.54, 1.807) is 17.9 Å². The van der Waals surface area contributed by atoms with Crippen LogP contribution in [0.4, 0.5) is 5.69 Å². The minimum absolute atomic E-state index is 0.252. The standard InChI is InChI=1S/C11H11ClN4O2/c1-16-5-7(10(12)15-16)9-3-6(11(17)18-2)8(13)4-14-9/h3-5H,13H2,1-2H3. The molecule has 7 heteroatoms. The summed E-state index contributed by atoms with van der Waals surface area (Å²) in [6, 6.07) is 1.53. The molecule has 18 heavy (non-hydrogen) atoms. The molecule has 0 bridgehead atoms. The highest BCUT2D eigenvalue weighted by Crippen LogP contribution is 2.27. The van der Waals surface area contributed by atoms with Crippen molar-refractivity contribution in [2.24, 2.45) is 7.05 Å². The molecule has 0 fully saturated rings. The molecule has 6 nitrogen and oxygen atoms in total. The van der Waals surface area contributed by atoms with E-state index in [0.29, 0.717) is 16.4 Å². The Morgan fingerprint density at radius 1 is 1.56 bits per heavy atom. The van der Waals surface area contributed by atoms with Crippen LogP contribution in [-0.4, -0.2) is 27.8 Å². The van der Waals surface area contributed by atoms with E-state index in [-0.39, 0.29) is 11.3 Å². The summed E-state index contributed by atoms with van der Waals surface area (Å²) in [7, 11) is 3.03. The number of aryl methyl sites for hydroxylation is 1. The second-order valence-electron chi connectivity index (χ2n) is 3.66. The van der Waals surface area contributed by atoms with Gasteiger partial charge in [0.1, 0.15) is 0 Å².